The molecule has 0 aliphatic heterocycles. The number of rotatable bonds is 9. The van der Waals surface area contributed by atoms with Crippen molar-refractivity contribution >= 4 is 0 Å². The summed E-state index contributed by atoms with van der Waals surface area (Å²) in [4.78, 5) is 1.78. The maximum absolute atomic E-state index is 10.2. The Labute approximate surface area is 153 Å². The smallest absolute Gasteiger partial charge is 0.115 e. The van der Waals surface area contributed by atoms with Crippen molar-refractivity contribution in [1.82, 2.24) is 4.90 Å². The number of phenols is 1. The summed E-state index contributed by atoms with van der Waals surface area (Å²) in [5.41, 5.74) is 2.06. The molecule has 0 aliphatic carbocycles. The highest BCUT2D eigenvalue weighted by atomic mass is 16.3. The van der Waals surface area contributed by atoms with Gasteiger partial charge in [-0.15, -0.1) is 0 Å². The number of hydrogen-bond donors (Lipinski definition) is 5. The van der Waals surface area contributed by atoms with E-state index in [-0.39, 0.29) is 18.8 Å². The van der Waals surface area contributed by atoms with E-state index in [4.69, 9.17) is 5.11 Å². The summed E-state index contributed by atoms with van der Waals surface area (Å²) < 4.78 is 0. The van der Waals surface area contributed by atoms with Crippen molar-refractivity contribution in [1.29, 1.82) is 0 Å². The Morgan fingerprint density at radius 2 is 1.58 bits per heavy atom. The molecule has 5 N–H and O–H groups in total. The lowest BCUT2D eigenvalue weighted by molar-refractivity contribution is 0.0458. The van der Waals surface area contributed by atoms with E-state index in [2.05, 4.69) is 0 Å². The van der Waals surface area contributed by atoms with Gasteiger partial charge in [0.1, 0.15) is 5.75 Å². The molecular formula is C20H27NO5. The number of likely N-dealkylation sites (N-methyl/N-ethyl adjacent to an activating group) is 1. The van der Waals surface area contributed by atoms with E-state index < -0.39 is 18.3 Å². The Bertz CT molecular complexity index is 676. The average Bonchev–Trinajstić information content (AvgIpc) is 2.61. The van der Waals surface area contributed by atoms with Crippen molar-refractivity contribution in [2.24, 2.45) is 0 Å². The van der Waals surface area contributed by atoms with E-state index >= 15 is 0 Å². The first kappa shape index (κ1) is 20.4. The average molecular weight is 361 g/mol. The first-order valence-electron chi connectivity index (χ1n) is 8.60. The fourth-order valence-electron chi connectivity index (χ4n) is 2.88. The zero-order valence-electron chi connectivity index (χ0n) is 14.9. The van der Waals surface area contributed by atoms with Crippen LogP contribution in [0.4, 0.5) is 0 Å². The molecule has 0 fully saturated rings. The van der Waals surface area contributed by atoms with Crippen LogP contribution in [0.1, 0.15) is 35.3 Å². The summed E-state index contributed by atoms with van der Waals surface area (Å²) >= 11 is 0. The van der Waals surface area contributed by atoms with Gasteiger partial charge in [0, 0.05) is 19.5 Å². The minimum atomic E-state index is -0.804. The third kappa shape index (κ3) is 6.09. The third-order valence-corrected chi connectivity index (χ3v) is 4.30. The van der Waals surface area contributed by atoms with E-state index in [1.165, 1.54) is 12.1 Å². The van der Waals surface area contributed by atoms with E-state index in [0.717, 1.165) is 5.56 Å². The second-order valence-electron chi connectivity index (χ2n) is 6.64. The summed E-state index contributed by atoms with van der Waals surface area (Å²) in [5, 5.41) is 49.2. The lowest BCUT2D eigenvalue weighted by Crippen LogP contribution is -2.33. The van der Waals surface area contributed by atoms with Crippen molar-refractivity contribution in [2.75, 3.05) is 20.1 Å². The fourth-order valence-corrected chi connectivity index (χ4v) is 2.88. The van der Waals surface area contributed by atoms with Gasteiger partial charge in [0.2, 0.25) is 0 Å². The molecule has 0 spiro atoms. The van der Waals surface area contributed by atoms with Crippen molar-refractivity contribution in [3.05, 3.63) is 65.2 Å². The Morgan fingerprint density at radius 1 is 0.885 bits per heavy atom. The molecule has 142 valence electrons. The van der Waals surface area contributed by atoms with Gasteiger partial charge in [-0.05, 0) is 35.9 Å². The molecule has 2 aromatic rings. The highest BCUT2D eigenvalue weighted by Gasteiger charge is 2.18. The molecule has 0 amide bonds. The summed E-state index contributed by atoms with van der Waals surface area (Å²) in [7, 11) is 1.78. The lowest BCUT2D eigenvalue weighted by atomic mass is 10.0. The van der Waals surface area contributed by atoms with Gasteiger partial charge in [-0.1, -0.05) is 36.4 Å². The summed E-state index contributed by atoms with van der Waals surface area (Å²) in [6, 6.07) is 13.4. The number of benzene rings is 2. The predicted molar refractivity (Wildman–Crippen MR) is 98.5 cm³/mol. The highest BCUT2D eigenvalue weighted by Crippen LogP contribution is 2.21. The van der Waals surface area contributed by atoms with Gasteiger partial charge in [0.05, 0.1) is 24.9 Å². The number of aliphatic hydroxyl groups is 4. The normalized spacial score (nSPS) is 15.0. The molecule has 26 heavy (non-hydrogen) atoms. The molecule has 2 rings (SSSR count). The second-order valence-corrected chi connectivity index (χ2v) is 6.64. The lowest BCUT2D eigenvalue weighted by Gasteiger charge is -2.24. The SMILES string of the molecule is CN(C[C@H](O)C[C@H](O)c1ccc(CO)cc1)C[C@@H](O)c1cccc(O)c1. The van der Waals surface area contributed by atoms with Gasteiger partial charge in [0.15, 0.2) is 0 Å². The standard InChI is InChI=1S/C20H27NO5/c1-21(12-20(26)16-3-2-4-17(23)9-16)11-18(24)10-19(25)15-7-5-14(13-22)6-8-15/h2-9,18-20,22-26H,10-13H2,1H3/t18-,19+,20-/m1/s1. The van der Waals surface area contributed by atoms with Crippen molar-refractivity contribution in [3.63, 3.8) is 0 Å². The Balaban J connectivity index is 1.82. The zero-order valence-corrected chi connectivity index (χ0v) is 14.9. The molecule has 0 saturated heterocycles. The van der Waals surface area contributed by atoms with Crippen molar-refractivity contribution in [3.8, 4) is 5.75 Å². The molecule has 6 heteroatoms. The van der Waals surface area contributed by atoms with Crippen molar-refractivity contribution < 1.29 is 25.5 Å². The minimum Gasteiger partial charge on any atom is -0.508 e. The van der Waals surface area contributed by atoms with Crippen LogP contribution in [0.3, 0.4) is 0 Å². The number of hydrogen-bond acceptors (Lipinski definition) is 6. The van der Waals surface area contributed by atoms with Gasteiger partial charge in [-0.2, -0.15) is 0 Å². The quantitative estimate of drug-likeness (QED) is 0.462. The van der Waals surface area contributed by atoms with Gasteiger partial charge >= 0.3 is 0 Å². The molecule has 2 aromatic carbocycles. The minimum absolute atomic E-state index is 0.0503. The first-order valence-corrected chi connectivity index (χ1v) is 8.60. The van der Waals surface area contributed by atoms with Crippen LogP contribution in [-0.4, -0.2) is 56.7 Å². The fraction of sp³-hybridized carbons (Fsp3) is 0.400. The van der Waals surface area contributed by atoms with Crippen molar-refractivity contribution in [2.45, 2.75) is 31.3 Å². The van der Waals surface area contributed by atoms with E-state index in [1.807, 2.05) is 0 Å². The zero-order chi connectivity index (χ0) is 19.1. The van der Waals surface area contributed by atoms with Gasteiger partial charge in [-0.3, -0.25) is 0 Å². The maximum Gasteiger partial charge on any atom is 0.115 e. The molecule has 0 aromatic heterocycles. The van der Waals surface area contributed by atoms with Crippen LogP contribution in [0.15, 0.2) is 48.5 Å². The van der Waals surface area contributed by atoms with E-state index in [9.17, 15) is 20.4 Å². The Morgan fingerprint density at radius 3 is 2.19 bits per heavy atom. The molecule has 3 atom stereocenters. The summed E-state index contributed by atoms with van der Waals surface area (Å²) in [5.74, 6) is 0.0968. The van der Waals surface area contributed by atoms with E-state index in [0.29, 0.717) is 24.2 Å². The summed E-state index contributed by atoms with van der Waals surface area (Å²) in [6.07, 6.45) is -2.17. The van der Waals surface area contributed by atoms with Gasteiger partial charge in [-0.25, -0.2) is 0 Å². The van der Waals surface area contributed by atoms with Gasteiger partial charge in [0.25, 0.3) is 0 Å². The molecule has 0 bridgehead atoms. The molecular weight excluding hydrogens is 334 g/mol. The highest BCUT2D eigenvalue weighted by molar-refractivity contribution is 5.28. The third-order valence-electron chi connectivity index (χ3n) is 4.30. The predicted octanol–water partition coefficient (Wildman–Crippen LogP) is 1.33. The molecule has 0 unspecified atom stereocenters. The van der Waals surface area contributed by atoms with Crippen LogP contribution in [0.25, 0.3) is 0 Å². The van der Waals surface area contributed by atoms with Crippen LogP contribution < -0.4 is 0 Å². The van der Waals surface area contributed by atoms with Crippen LogP contribution in [0.2, 0.25) is 0 Å². The molecule has 0 radical (unpaired) electrons. The van der Waals surface area contributed by atoms with Gasteiger partial charge < -0.3 is 30.4 Å². The van der Waals surface area contributed by atoms with Crippen LogP contribution in [-0.2, 0) is 6.61 Å². The summed E-state index contributed by atoms with van der Waals surface area (Å²) in [6.45, 7) is 0.536. The molecule has 0 heterocycles. The molecule has 0 saturated carbocycles. The molecule has 6 nitrogen and oxygen atoms in total. The van der Waals surface area contributed by atoms with Crippen LogP contribution >= 0.6 is 0 Å². The Hall–Kier alpha value is -1.96. The molecule has 0 aliphatic rings. The monoisotopic (exact) mass is 361 g/mol. The van der Waals surface area contributed by atoms with E-state index in [1.54, 1.807) is 48.3 Å². The number of nitrogens with zero attached hydrogens (tertiary/aromatic N) is 1. The largest absolute Gasteiger partial charge is 0.508 e. The topological polar surface area (TPSA) is 104 Å². The van der Waals surface area contributed by atoms with Crippen LogP contribution in [0.5, 0.6) is 5.75 Å². The maximum atomic E-state index is 10.2. The first-order chi connectivity index (χ1) is 12.4. The van der Waals surface area contributed by atoms with Crippen LogP contribution in [0, 0.1) is 0 Å². The Kier molecular flexibility index (Phi) is 7.56. The number of aliphatic hydroxyl groups excluding tert-OH is 4. The number of phenolic OH excluding ortho intramolecular Hbond substituents is 1. The second kappa shape index (κ2) is 9.66. The number of aromatic hydroxyl groups is 1.